The maximum Gasteiger partial charge on any atom is 0.267 e. The minimum atomic E-state index is -0.494. The average molecular weight is 349 g/mol. The standard InChI is InChI=1S/C18H19N7O/c19-17-16-13(22-10-23-17)5-6-14(24-16)25-8-2-3-11(9-25)12-4-1-7-21-15(12)18(20)26/h1,4-7,10-11H,2-3,8-9H2,(H2,20,26)(H2,19,22,23). The number of piperidine rings is 1. The Morgan fingerprint density at radius 3 is 2.92 bits per heavy atom. The molecule has 0 saturated carbocycles. The molecule has 1 amide bonds. The Kier molecular flexibility index (Phi) is 4.08. The van der Waals surface area contributed by atoms with Gasteiger partial charge in [-0.25, -0.2) is 15.0 Å². The van der Waals surface area contributed by atoms with E-state index in [0.29, 0.717) is 17.0 Å². The molecule has 3 aromatic rings. The lowest BCUT2D eigenvalue weighted by molar-refractivity contribution is 0.0994. The summed E-state index contributed by atoms with van der Waals surface area (Å²) in [6.07, 6.45) is 4.99. The summed E-state index contributed by atoms with van der Waals surface area (Å²) in [4.78, 5) is 30.9. The van der Waals surface area contributed by atoms with Crippen LogP contribution in [0.25, 0.3) is 11.0 Å². The number of carbonyl (C=O) groups excluding carboxylic acids is 1. The van der Waals surface area contributed by atoms with E-state index in [-0.39, 0.29) is 5.92 Å². The zero-order chi connectivity index (χ0) is 18.1. The van der Waals surface area contributed by atoms with Crippen molar-refractivity contribution in [1.82, 2.24) is 19.9 Å². The molecule has 26 heavy (non-hydrogen) atoms. The van der Waals surface area contributed by atoms with Crippen molar-refractivity contribution in [3.63, 3.8) is 0 Å². The Hall–Kier alpha value is -3.29. The van der Waals surface area contributed by atoms with Gasteiger partial charge in [-0.2, -0.15) is 0 Å². The number of primary amides is 1. The smallest absolute Gasteiger partial charge is 0.267 e. The fourth-order valence-corrected chi connectivity index (χ4v) is 3.52. The van der Waals surface area contributed by atoms with Gasteiger partial charge in [-0.3, -0.25) is 9.78 Å². The second-order valence-electron chi connectivity index (χ2n) is 6.39. The van der Waals surface area contributed by atoms with Crippen molar-refractivity contribution in [2.45, 2.75) is 18.8 Å². The lowest BCUT2D eigenvalue weighted by Gasteiger charge is -2.34. The molecule has 0 bridgehead atoms. The summed E-state index contributed by atoms with van der Waals surface area (Å²) >= 11 is 0. The van der Waals surface area contributed by atoms with Crippen molar-refractivity contribution in [3.05, 3.63) is 48.0 Å². The highest BCUT2D eigenvalue weighted by Gasteiger charge is 2.26. The van der Waals surface area contributed by atoms with Crippen LogP contribution in [-0.4, -0.2) is 38.9 Å². The molecule has 132 valence electrons. The maximum absolute atomic E-state index is 11.7. The number of aromatic nitrogens is 4. The van der Waals surface area contributed by atoms with Gasteiger partial charge in [-0.15, -0.1) is 0 Å². The first-order chi connectivity index (χ1) is 12.6. The molecular formula is C18H19N7O. The molecule has 1 aliphatic heterocycles. The number of pyridine rings is 2. The Bertz CT molecular complexity index is 975. The van der Waals surface area contributed by atoms with E-state index in [1.54, 1.807) is 6.20 Å². The van der Waals surface area contributed by atoms with Crippen molar-refractivity contribution in [3.8, 4) is 0 Å². The largest absolute Gasteiger partial charge is 0.382 e. The number of hydrogen-bond donors (Lipinski definition) is 2. The number of rotatable bonds is 3. The van der Waals surface area contributed by atoms with Gasteiger partial charge in [-0.1, -0.05) is 6.07 Å². The van der Waals surface area contributed by atoms with Gasteiger partial charge >= 0.3 is 0 Å². The van der Waals surface area contributed by atoms with Crippen LogP contribution in [-0.2, 0) is 0 Å². The van der Waals surface area contributed by atoms with Crippen molar-refractivity contribution in [2.24, 2.45) is 5.73 Å². The molecule has 0 aliphatic carbocycles. The number of nitrogens with zero attached hydrogens (tertiary/aromatic N) is 5. The van der Waals surface area contributed by atoms with Crippen LogP contribution in [0.2, 0.25) is 0 Å². The molecule has 1 saturated heterocycles. The van der Waals surface area contributed by atoms with Crippen LogP contribution < -0.4 is 16.4 Å². The van der Waals surface area contributed by atoms with E-state index in [0.717, 1.165) is 42.8 Å². The van der Waals surface area contributed by atoms with Gasteiger partial charge in [0, 0.05) is 25.2 Å². The van der Waals surface area contributed by atoms with Gasteiger partial charge in [0.15, 0.2) is 5.82 Å². The van der Waals surface area contributed by atoms with Crippen LogP contribution in [0.15, 0.2) is 36.8 Å². The molecule has 0 spiro atoms. The summed E-state index contributed by atoms with van der Waals surface area (Å²) in [6, 6.07) is 7.61. The maximum atomic E-state index is 11.7. The Morgan fingerprint density at radius 1 is 1.19 bits per heavy atom. The van der Waals surface area contributed by atoms with Gasteiger partial charge in [-0.05, 0) is 36.6 Å². The summed E-state index contributed by atoms with van der Waals surface area (Å²) < 4.78 is 0. The van der Waals surface area contributed by atoms with Crippen molar-refractivity contribution in [2.75, 3.05) is 23.7 Å². The first kappa shape index (κ1) is 16.2. The van der Waals surface area contributed by atoms with Gasteiger partial charge in [0.05, 0.1) is 5.52 Å². The van der Waals surface area contributed by atoms with Crippen molar-refractivity contribution < 1.29 is 4.79 Å². The van der Waals surface area contributed by atoms with E-state index in [1.165, 1.54) is 6.33 Å². The van der Waals surface area contributed by atoms with E-state index in [9.17, 15) is 4.79 Å². The van der Waals surface area contributed by atoms with Crippen LogP contribution in [0, 0.1) is 0 Å². The van der Waals surface area contributed by atoms with Gasteiger partial charge in [0.2, 0.25) is 0 Å². The minimum Gasteiger partial charge on any atom is -0.382 e. The highest BCUT2D eigenvalue weighted by atomic mass is 16.1. The molecule has 1 atom stereocenters. The highest BCUT2D eigenvalue weighted by Crippen LogP contribution is 2.31. The molecule has 0 aromatic carbocycles. The third kappa shape index (κ3) is 2.90. The molecule has 8 nitrogen and oxygen atoms in total. The van der Waals surface area contributed by atoms with E-state index >= 15 is 0 Å². The molecule has 4 heterocycles. The second-order valence-corrected chi connectivity index (χ2v) is 6.39. The highest BCUT2D eigenvalue weighted by molar-refractivity contribution is 5.92. The topological polar surface area (TPSA) is 124 Å². The van der Waals surface area contributed by atoms with Gasteiger partial charge in [0.25, 0.3) is 5.91 Å². The summed E-state index contributed by atoms with van der Waals surface area (Å²) in [5, 5.41) is 0. The van der Waals surface area contributed by atoms with Gasteiger partial charge < -0.3 is 16.4 Å². The third-order valence-electron chi connectivity index (χ3n) is 4.75. The number of fused-ring (bicyclic) bond motifs is 1. The molecule has 3 aromatic heterocycles. The lowest BCUT2D eigenvalue weighted by atomic mass is 9.89. The van der Waals surface area contributed by atoms with Crippen LogP contribution in [0.4, 0.5) is 11.6 Å². The van der Waals surface area contributed by atoms with Crippen LogP contribution in [0.1, 0.15) is 34.8 Å². The Balaban J connectivity index is 1.65. The summed E-state index contributed by atoms with van der Waals surface area (Å²) in [7, 11) is 0. The van der Waals surface area contributed by atoms with Crippen molar-refractivity contribution >= 4 is 28.6 Å². The normalized spacial score (nSPS) is 17.4. The number of nitrogen functional groups attached to an aromatic ring is 1. The van der Waals surface area contributed by atoms with Crippen molar-refractivity contribution in [1.29, 1.82) is 0 Å². The summed E-state index contributed by atoms with van der Waals surface area (Å²) in [6.45, 7) is 1.62. The van der Waals surface area contributed by atoms with Crippen LogP contribution >= 0.6 is 0 Å². The van der Waals surface area contributed by atoms with E-state index < -0.39 is 5.91 Å². The molecular weight excluding hydrogens is 330 g/mol. The first-order valence-corrected chi connectivity index (χ1v) is 8.50. The Morgan fingerprint density at radius 2 is 2.08 bits per heavy atom. The monoisotopic (exact) mass is 349 g/mol. The fraction of sp³-hybridized carbons (Fsp3) is 0.278. The fourth-order valence-electron chi connectivity index (χ4n) is 3.52. The average Bonchev–Trinajstić information content (AvgIpc) is 2.68. The molecule has 8 heteroatoms. The Labute approximate surface area is 150 Å². The zero-order valence-electron chi connectivity index (χ0n) is 14.2. The predicted octanol–water partition coefficient (Wildman–Crippen LogP) is 1.48. The molecule has 4 rings (SSSR count). The molecule has 1 unspecified atom stereocenters. The summed E-state index contributed by atoms with van der Waals surface area (Å²) in [5.74, 6) is 0.871. The van der Waals surface area contributed by atoms with Crippen LogP contribution in [0.5, 0.6) is 0 Å². The predicted molar refractivity (Wildman–Crippen MR) is 98.7 cm³/mol. The van der Waals surface area contributed by atoms with Crippen LogP contribution in [0.3, 0.4) is 0 Å². The third-order valence-corrected chi connectivity index (χ3v) is 4.75. The number of hydrogen-bond acceptors (Lipinski definition) is 7. The molecule has 1 aliphatic rings. The second kappa shape index (κ2) is 6.55. The number of nitrogens with two attached hydrogens (primary N) is 2. The summed E-state index contributed by atoms with van der Waals surface area (Å²) in [5.41, 5.74) is 14.0. The number of anilines is 2. The quantitative estimate of drug-likeness (QED) is 0.734. The minimum absolute atomic E-state index is 0.168. The number of amides is 1. The number of carbonyl (C=O) groups is 1. The van der Waals surface area contributed by atoms with Gasteiger partial charge in [0.1, 0.15) is 23.4 Å². The zero-order valence-corrected chi connectivity index (χ0v) is 14.2. The first-order valence-electron chi connectivity index (χ1n) is 8.50. The van der Waals surface area contributed by atoms with E-state index in [1.807, 2.05) is 24.3 Å². The SMILES string of the molecule is NC(=O)c1ncccc1C1CCCN(c2ccc3ncnc(N)c3n2)C1. The molecule has 4 N–H and O–H groups in total. The van der Waals surface area contributed by atoms with E-state index in [4.69, 9.17) is 11.5 Å². The lowest BCUT2D eigenvalue weighted by Crippen LogP contribution is -2.35. The van der Waals surface area contributed by atoms with E-state index in [2.05, 4.69) is 24.8 Å². The molecule has 0 radical (unpaired) electrons. The molecule has 1 fully saturated rings.